The lowest BCUT2D eigenvalue weighted by Gasteiger charge is -2.22. The van der Waals surface area contributed by atoms with Gasteiger partial charge >= 0.3 is 5.97 Å². The van der Waals surface area contributed by atoms with Gasteiger partial charge in [0.05, 0.1) is 18.6 Å². The van der Waals surface area contributed by atoms with E-state index in [1.165, 1.54) is 36.6 Å². The standard InChI is InChI=1S/C25H20Cl2N2O5S2/c1-34-25(31)23-12-17-11-19(9-10-22(17)35-23)28-24(30)15-29(14-16-7-8-18(26)13-21(16)27)36(32,33)20-5-3-2-4-6-20/h2-13H,14-15H2,1H3,(H,28,30). The van der Waals surface area contributed by atoms with Crippen LogP contribution in [0.3, 0.4) is 0 Å². The molecule has 0 saturated carbocycles. The number of nitrogens with zero attached hydrogens (tertiary/aromatic N) is 1. The number of hydrogen-bond donors (Lipinski definition) is 1. The topological polar surface area (TPSA) is 92.8 Å². The Bertz CT molecular complexity index is 1540. The van der Waals surface area contributed by atoms with Crippen molar-refractivity contribution in [2.75, 3.05) is 19.0 Å². The first-order valence-corrected chi connectivity index (χ1v) is 13.6. The van der Waals surface area contributed by atoms with Crippen LogP contribution in [0.25, 0.3) is 10.1 Å². The molecule has 0 spiro atoms. The number of benzene rings is 3. The fraction of sp³-hybridized carbons (Fsp3) is 0.120. The third-order valence-electron chi connectivity index (χ3n) is 5.25. The van der Waals surface area contributed by atoms with E-state index < -0.39 is 28.4 Å². The second kappa shape index (κ2) is 11.0. The first-order chi connectivity index (χ1) is 17.2. The van der Waals surface area contributed by atoms with E-state index in [4.69, 9.17) is 27.9 Å². The van der Waals surface area contributed by atoms with Crippen molar-refractivity contribution in [3.05, 3.63) is 93.3 Å². The SMILES string of the molecule is COC(=O)c1cc2cc(NC(=O)CN(Cc3ccc(Cl)cc3Cl)S(=O)(=O)c3ccccc3)ccc2s1. The number of carbonyl (C=O) groups is 2. The minimum Gasteiger partial charge on any atom is -0.465 e. The molecule has 4 rings (SSSR count). The lowest BCUT2D eigenvalue weighted by Crippen LogP contribution is -2.37. The molecule has 4 aromatic rings. The van der Waals surface area contributed by atoms with Gasteiger partial charge in [-0.3, -0.25) is 4.79 Å². The number of carbonyl (C=O) groups excluding carboxylic acids is 2. The van der Waals surface area contributed by atoms with E-state index in [1.54, 1.807) is 54.6 Å². The Labute approximate surface area is 222 Å². The zero-order valence-electron chi connectivity index (χ0n) is 18.9. The summed E-state index contributed by atoms with van der Waals surface area (Å²) in [5, 5.41) is 4.20. The molecule has 0 aliphatic rings. The molecule has 0 aliphatic heterocycles. The van der Waals surface area contributed by atoms with Crippen LogP contribution in [-0.2, 0) is 26.1 Å². The van der Waals surface area contributed by atoms with Gasteiger partial charge in [0, 0.05) is 27.0 Å². The highest BCUT2D eigenvalue weighted by Crippen LogP contribution is 2.29. The largest absolute Gasteiger partial charge is 0.465 e. The highest BCUT2D eigenvalue weighted by Gasteiger charge is 2.27. The van der Waals surface area contributed by atoms with E-state index in [9.17, 15) is 18.0 Å². The van der Waals surface area contributed by atoms with Gasteiger partial charge in [-0.1, -0.05) is 47.5 Å². The predicted molar refractivity (Wildman–Crippen MR) is 142 cm³/mol. The average molecular weight is 563 g/mol. The number of esters is 1. The lowest BCUT2D eigenvalue weighted by molar-refractivity contribution is -0.116. The van der Waals surface area contributed by atoms with Crippen molar-refractivity contribution in [1.29, 1.82) is 0 Å². The van der Waals surface area contributed by atoms with Crippen LogP contribution in [0.4, 0.5) is 5.69 Å². The molecule has 3 aromatic carbocycles. The van der Waals surface area contributed by atoms with Gasteiger partial charge < -0.3 is 10.1 Å². The molecule has 11 heteroatoms. The van der Waals surface area contributed by atoms with Crippen molar-refractivity contribution >= 4 is 72.2 Å². The molecule has 7 nitrogen and oxygen atoms in total. The van der Waals surface area contributed by atoms with Gasteiger partial charge in [0.1, 0.15) is 4.88 Å². The lowest BCUT2D eigenvalue weighted by atomic mass is 10.2. The summed E-state index contributed by atoms with van der Waals surface area (Å²) in [6, 6.07) is 19.5. The molecule has 0 bridgehead atoms. The van der Waals surface area contributed by atoms with Crippen molar-refractivity contribution in [2.45, 2.75) is 11.4 Å². The normalized spacial score (nSPS) is 11.6. The molecule has 1 N–H and O–H groups in total. The maximum absolute atomic E-state index is 13.4. The highest BCUT2D eigenvalue weighted by atomic mass is 35.5. The summed E-state index contributed by atoms with van der Waals surface area (Å²) in [6.07, 6.45) is 0. The van der Waals surface area contributed by atoms with Gasteiger partial charge in [0.2, 0.25) is 15.9 Å². The van der Waals surface area contributed by atoms with E-state index in [0.717, 1.165) is 14.4 Å². The Kier molecular flexibility index (Phi) is 7.97. The minimum absolute atomic E-state index is 0.0536. The van der Waals surface area contributed by atoms with Crippen molar-refractivity contribution < 1.29 is 22.7 Å². The smallest absolute Gasteiger partial charge is 0.348 e. The van der Waals surface area contributed by atoms with Gasteiger partial charge in [-0.05, 0) is 59.5 Å². The number of hydrogen-bond acceptors (Lipinski definition) is 6. The maximum atomic E-state index is 13.4. The minimum atomic E-state index is -4.03. The molecule has 0 radical (unpaired) electrons. The second-order valence-electron chi connectivity index (χ2n) is 7.72. The zero-order valence-corrected chi connectivity index (χ0v) is 22.0. The summed E-state index contributed by atoms with van der Waals surface area (Å²) in [5.41, 5.74) is 0.965. The molecule has 0 saturated heterocycles. The number of nitrogens with one attached hydrogen (secondary N) is 1. The molecular weight excluding hydrogens is 543 g/mol. The molecule has 186 valence electrons. The van der Waals surface area contributed by atoms with Gasteiger partial charge in [-0.2, -0.15) is 4.31 Å². The van der Waals surface area contributed by atoms with Gasteiger partial charge in [-0.25, -0.2) is 13.2 Å². The van der Waals surface area contributed by atoms with E-state index in [1.807, 2.05) is 0 Å². The fourth-order valence-electron chi connectivity index (χ4n) is 3.49. The van der Waals surface area contributed by atoms with Crippen LogP contribution in [0.2, 0.25) is 10.0 Å². The summed E-state index contributed by atoms with van der Waals surface area (Å²) in [4.78, 5) is 25.3. The zero-order chi connectivity index (χ0) is 25.9. The second-order valence-corrected chi connectivity index (χ2v) is 11.6. The number of methoxy groups -OCH3 is 1. The number of fused-ring (bicyclic) bond motifs is 1. The Morgan fingerprint density at radius 2 is 1.75 bits per heavy atom. The number of amides is 1. The van der Waals surface area contributed by atoms with Gasteiger partial charge in [-0.15, -0.1) is 11.3 Å². The van der Waals surface area contributed by atoms with Gasteiger partial charge in [0.15, 0.2) is 0 Å². The summed E-state index contributed by atoms with van der Waals surface area (Å²) >= 11 is 13.5. The molecule has 0 aliphatic carbocycles. The number of sulfonamides is 1. The Morgan fingerprint density at radius 1 is 1.00 bits per heavy atom. The van der Waals surface area contributed by atoms with E-state index in [-0.39, 0.29) is 11.4 Å². The fourth-order valence-corrected chi connectivity index (χ4v) is 6.32. The maximum Gasteiger partial charge on any atom is 0.348 e. The number of thiophene rings is 1. The summed E-state index contributed by atoms with van der Waals surface area (Å²) < 4.78 is 33.5. The number of rotatable bonds is 8. The third kappa shape index (κ3) is 5.88. The number of halogens is 2. The highest BCUT2D eigenvalue weighted by molar-refractivity contribution is 7.89. The molecule has 0 atom stereocenters. The van der Waals surface area contributed by atoms with E-state index >= 15 is 0 Å². The molecular formula is C25H20Cl2N2O5S2. The average Bonchev–Trinajstić information content (AvgIpc) is 3.28. The van der Waals surface area contributed by atoms with Crippen LogP contribution in [-0.4, -0.2) is 38.3 Å². The monoisotopic (exact) mass is 562 g/mol. The van der Waals surface area contributed by atoms with Crippen molar-refractivity contribution in [1.82, 2.24) is 4.31 Å². The summed E-state index contributed by atoms with van der Waals surface area (Å²) in [7, 11) is -2.72. The molecule has 1 amide bonds. The Hall–Kier alpha value is -2.95. The van der Waals surface area contributed by atoms with Crippen LogP contribution < -0.4 is 5.32 Å². The van der Waals surface area contributed by atoms with E-state index in [2.05, 4.69) is 5.32 Å². The van der Waals surface area contributed by atoms with Crippen LogP contribution in [0.1, 0.15) is 15.2 Å². The predicted octanol–water partition coefficient (Wildman–Crippen LogP) is 5.82. The molecule has 0 unspecified atom stereocenters. The molecule has 1 aromatic heterocycles. The van der Waals surface area contributed by atoms with Crippen molar-refractivity contribution in [3.63, 3.8) is 0 Å². The quantitative estimate of drug-likeness (QED) is 0.273. The third-order valence-corrected chi connectivity index (χ3v) is 8.74. The summed E-state index contributed by atoms with van der Waals surface area (Å²) in [6.45, 7) is -0.585. The molecule has 1 heterocycles. The Balaban J connectivity index is 1.59. The first-order valence-electron chi connectivity index (χ1n) is 10.6. The number of anilines is 1. The van der Waals surface area contributed by atoms with Crippen molar-refractivity contribution in [3.8, 4) is 0 Å². The first kappa shape index (κ1) is 26.1. The van der Waals surface area contributed by atoms with Crippen LogP contribution in [0, 0.1) is 0 Å². The molecule has 0 fully saturated rings. The van der Waals surface area contributed by atoms with Gasteiger partial charge in [0.25, 0.3) is 0 Å². The molecule has 36 heavy (non-hydrogen) atoms. The Morgan fingerprint density at radius 3 is 2.44 bits per heavy atom. The van der Waals surface area contributed by atoms with Crippen LogP contribution >= 0.6 is 34.5 Å². The number of ether oxygens (including phenoxy) is 1. The summed E-state index contributed by atoms with van der Waals surface area (Å²) in [5.74, 6) is -0.980. The van der Waals surface area contributed by atoms with Crippen LogP contribution in [0.5, 0.6) is 0 Å². The van der Waals surface area contributed by atoms with Crippen molar-refractivity contribution in [2.24, 2.45) is 0 Å². The van der Waals surface area contributed by atoms with Crippen LogP contribution in [0.15, 0.2) is 77.7 Å². The van der Waals surface area contributed by atoms with E-state index in [0.29, 0.717) is 26.2 Å².